The molecule has 4 nitrogen and oxygen atoms in total. The molecule has 3 rings (SSSR count). The molecular formula is C16H25BrN4. The van der Waals surface area contributed by atoms with Gasteiger partial charge in [0.15, 0.2) is 0 Å². The van der Waals surface area contributed by atoms with E-state index in [1.807, 2.05) is 0 Å². The van der Waals surface area contributed by atoms with Gasteiger partial charge in [0.25, 0.3) is 0 Å². The Kier molecular flexibility index (Phi) is 4.79. The van der Waals surface area contributed by atoms with Crippen LogP contribution in [0.25, 0.3) is 0 Å². The van der Waals surface area contributed by atoms with Crippen molar-refractivity contribution in [2.24, 2.45) is 0 Å². The Morgan fingerprint density at radius 1 is 1.10 bits per heavy atom. The van der Waals surface area contributed by atoms with Crippen LogP contribution < -0.4 is 4.90 Å². The van der Waals surface area contributed by atoms with E-state index in [1.165, 1.54) is 38.8 Å². The lowest BCUT2D eigenvalue weighted by Crippen LogP contribution is -2.50. The van der Waals surface area contributed by atoms with E-state index in [1.54, 1.807) is 0 Å². The highest BCUT2D eigenvalue weighted by Gasteiger charge is 2.26. The number of rotatable bonds is 3. The number of piperazine rings is 1. The van der Waals surface area contributed by atoms with Crippen LogP contribution in [0.1, 0.15) is 51.3 Å². The summed E-state index contributed by atoms with van der Waals surface area (Å²) in [5, 5.41) is 0. The van der Waals surface area contributed by atoms with E-state index in [-0.39, 0.29) is 0 Å². The van der Waals surface area contributed by atoms with Gasteiger partial charge in [0, 0.05) is 44.2 Å². The van der Waals surface area contributed by atoms with E-state index in [0.29, 0.717) is 5.92 Å². The molecule has 1 aromatic rings. The average Bonchev–Trinajstić information content (AvgIpc) is 3.01. The average molecular weight is 353 g/mol. The van der Waals surface area contributed by atoms with Crippen LogP contribution in [0.5, 0.6) is 0 Å². The lowest BCUT2D eigenvalue weighted by molar-refractivity contribution is 0.187. The molecule has 1 saturated carbocycles. The van der Waals surface area contributed by atoms with E-state index < -0.39 is 0 Å². The van der Waals surface area contributed by atoms with Crippen LogP contribution in [0.3, 0.4) is 0 Å². The van der Waals surface area contributed by atoms with Crippen molar-refractivity contribution in [2.75, 3.05) is 31.1 Å². The van der Waals surface area contributed by atoms with Gasteiger partial charge in [-0.15, -0.1) is 0 Å². The molecule has 1 saturated heterocycles. The normalized spacial score (nSPS) is 21.4. The van der Waals surface area contributed by atoms with Gasteiger partial charge in [-0.1, -0.05) is 26.7 Å². The Labute approximate surface area is 136 Å². The van der Waals surface area contributed by atoms with E-state index in [0.717, 1.165) is 35.4 Å². The van der Waals surface area contributed by atoms with E-state index in [2.05, 4.69) is 50.6 Å². The topological polar surface area (TPSA) is 32.3 Å². The molecule has 1 aliphatic carbocycles. The minimum Gasteiger partial charge on any atom is -0.354 e. The third-order valence-corrected chi connectivity index (χ3v) is 5.10. The van der Waals surface area contributed by atoms with Crippen LogP contribution in [0, 0.1) is 0 Å². The van der Waals surface area contributed by atoms with Gasteiger partial charge < -0.3 is 4.90 Å². The maximum atomic E-state index is 4.75. The smallest absolute Gasteiger partial charge is 0.134 e. The van der Waals surface area contributed by atoms with Gasteiger partial charge in [0.1, 0.15) is 16.2 Å². The third-order valence-electron chi connectivity index (χ3n) is 4.69. The van der Waals surface area contributed by atoms with Crippen molar-refractivity contribution in [2.45, 2.75) is 51.5 Å². The van der Waals surface area contributed by atoms with Crippen molar-refractivity contribution in [3.63, 3.8) is 0 Å². The first kappa shape index (κ1) is 15.2. The van der Waals surface area contributed by atoms with E-state index >= 15 is 0 Å². The summed E-state index contributed by atoms with van der Waals surface area (Å²) in [5.74, 6) is 2.37. The second-order valence-corrected chi connectivity index (χ2v) is 7.34. The predicted octanol–water partition coefficient (Wildman–Crippen LogP) is 3.43. The van der Waals surface area contributed by atoms with Crippen LogP contribution in [0.15, 0.2) is 10.7 Å². The van der Waals surface area contributed by atoms with Crippen LogP contribution >= 0.6 is 15.9 Å². The molecule has 0 spiro atoms. The van der Waals surface area contributed by atoms with Gasteiger partial charge in [-0.3, -0.25) is 4.90 Å². The molecule has 21 heavy (non-hydrogen) atoms. The summed E-state index contributed by atoms with van der Waals surface area (Å²) in [6.07, 6.45) is 5.63. The summed E-state index contributed by atoms with van der Waals surface area (Å²) in [5.41, 5.74) is 0. The zero-order valence-electron chi connectivity index (χ0n) is 13.1. The van der Waals surface area contributed by atoms with Crippen molar-refractivity contribution in [3.05, 3.63) is 16.5 Å². The molecule has 1 aromatic heterocycles. The van der Waals surface area contributed by atoms with Gasteiger partial charge >= 0.3 is 0 Å². The number of hydrogen-bond acceptors (Lipinski definition) is 4. The quantitative estimate of drug-likeness (QED) is 0.780. The second-order valence-electron chi connectivity index (χ2n) is 6.52. The fourth-order valence-electron chi connectivity index (χ4n) is 3.43. The Hall–Kier alpha value is -0.680. The summed E-state index contributed by atoms with van der Waals surface area (Å²) in [6.45, 7) is 8.79. The molecule has 0 N–H and O–H groups in total. The van der Waals surface area contributed by atoms with Crippen LogP contribution in [0.4, 0.5) is 5.82 Å². The molecule has 2 aliphatic rings. The number of nitrogens with zero attached hydrogens (tertiary/aromatic N) is 4. The Bertz CT molecular complexity index is 477. The summed E-state index contributed by atoms with van der Waals surface area (Å²) in [7, 11) is 0. The predicted molar refractivity (Wildman–Crippen MR) is 89.9 cm³/mol. The summed E-state index contributed by atoms with van der Waals surface area (Å²) in [6, 6.07) is 2.90. The Balaban J connectivity index is 1.66. The molecule has 1 aliphatic heterocycles. The fraction of sp³-hybridized carbons (Fsp3) is 0.750. The summed E-state index contributed by atoms with van der Waals surface area (Å²) >= 11 is 3.53. The van der Waals surface area contributed by atoms with Gasteiger partial charge in [-0.25, -0.2) is 9.97 Å². The molecule has 0 bridgehead atoms. The highest BCUT2D eigenvalue weighted by atomic mass is 79.9. The lowest BCUT2D eigenvalue weighted by atomic mass is 10.2. The van der Waals surface area contributed by atoms with Crippen LogP contribution in [-0.2, 0) is 0 Å². The first-order valence-electron chi connectivity index (χ1n) is 8.17. The maximum absolute atomic E-state index is 4.75. The fourth-order valence-corrected chi connectivity index (χ4v) is 3.82. The summed E-state index contributed by atoms with van der Waals surface area (Å²) in [4.78, 5) is 14.3. The molecule has 0 atom stereocenters. The molecular weight excluding hydrogens is 328 g/mol. The standard InChI is InChI=1S/C16H25BrN4/c1-12(2)16-18-14(17)11-15(19-16)21-9-7-20(8-10-21)13-5-3-4-6-13/h11-13H,3-10H2,1-2H3. The molecule has 0 radical (unpaired) electrons. The number of hydrogen-bond donors (Lipinski definition) is 0. The lowest BCUT2D eigenvalue weighted by Gasteiger charge is -2.38. The van der Waals surface area contributed by atoms with Crippen LogP contribution in [-0.4, -0.2) is 47.1 Å². The van der Waals surface area contributed by atoms with Crippen molar-refractivity contribution >= 4 is 21.7 Å². The van der Waals surface area contributed by atoms with Crippen molar-refractivity contribution in [1.82, 2.24) is 14.9 Å². The highest BCUT2D eigenvalue weighted by Crippen LogP contribution is 2.26. The second kappa shape index (κ2) is 6.61. The Morgan fingerprint density at radius 3 is 2.38 bits per heavy atom. The molecule has 0 aromatic carbocycles. The monoisotopic (exact) mass is 352 g/mol. The van der Waals surface area contributed by atoms with Gasteiger partial charge in [0.2, 0.25) is 0 Å². The zero-order chi connectivity index (χ0) is 14.8. The van der Waals surface area contributed by atoms with E-state index in [4.69, 9.17) is 4.98 Å². The minimum absolute atomic E-state index is 0.362. The molecule has 0 amide bonds. The minimum atomic E-state index is 0.362. The molecule has 5 heteroatoms. The van der Waals surface area contributed by atoms with Crippen molar-refractivity contribution < 1.29 is 0 Å². The van der Waals surface area contributed by atoms with Gasteiger partial charge in [-0.2, -0.15) is 0 Å². The number of aromatic nitrogens is 2. The Morgan fingerprint density at radius 2 is 1.76 bits per heavy atom. The van der Waals surface area contributed by atoms with Gasteiger partial charge in [-0.05, 0) is 28.8 Å². The molecule has 0 unspecified atom stereocenters. The van der Waals surface area contributed by atoms with Crippen LogP contribution in [0.2, 0.25) is 0 Å². The first-order valence-corrected chi connectivity index (χ1v) is 8.96. The first-order chi connectivity index (χ1) is 10.1. The largest absolute Gasteiger partial charge is 0.354 e. The SMILES string of the molecule is CC(C)c1nc(Br)cc(N2CCN(C3CCCC3)CC2)n1. The van der Waals surface area contributed by atoms with Crippen molar-refractivity contribution in [3.8, 4) is 0 Å². The zero-order valence-corrected chi connectivity index (χ0v) is 14.6. The maximum Gasteiger partial charge on any atom is 0.134 e. The molecule has 2 heterocycles. The summed E-state index contributed by atoms with van der Waals surface area (Å²) < 4.78 is 0.898. The van der Waals surface area contributed by atoms with Gasteiger partial charge in [0.05, 0.1) is 0 Å². The highest BCUT2D eigenvalue weighted by molar-refractivity contribution is 9.10. The molecule has 116 valence electrons. The van der Waals surface area contributed by atoms with E-state index in [9.17, 15) is 0 Å². The molecule has 2 fully saturated rings. The third kappa shape index (κ3) is 3.57. The number of anilines is 1. The number of halogens is 1. The van der Waals surface area contributed by atoms with Crippen molar-refractivity contribution in [1.29, 1.82) is 0 Å².